The zero-order chi connectivity index (χ0) is 62.5. The standard InChI is InChI=1S/C53H34N2.C36H21N3S/c1-2-16-44(17-3-1)55-50-21-11-10-20-49(50)54-53(55)38-26-22-37(23-27-38)41-30-31-47-48(34-41)52(43-29-25-36-13-5-7-15-40(36)33-43)46-19-9-8-18-45(46)51(47)42-28-24-35-12-4-6-14-39(35)32-42;1-2-12-22(13-3-1)33-25-16-6-9-19-28(25)37-36(38-33)39-29-20-10-7-17-26(29)31-23-14-4-5-15-24(23)32-27-18-8-11-21-30(27)40-35(32)34(31)39/h1-34H;1-21H. The maximum Gasteiger partial charge on any atom is 0.235 e. The lowest BCUT2D eigenvalue weighted by Gasteiger charge is -2.19. The second-order valence-electron chi connectivity index (χ2n) is 24.5. The third-order valence-corrected chi connectivity index (χ3v) is 20.3. The Hall–Kier alpha value is -12.4. The van der Waals surface area contributed by atoms with Gasteiger partial charge in [0.25, 0.3) is 0 Å². The van der Waals surface area contributed by atoms with E-state index in [0.717, 1.165) is 61.3 Å². The topological polar surface area (TPSA) is 48.5 Å². The Morgan fingerprint density at radius 3 is 1.45 bits per heavy atom. The van der Waals surface area contributed by atoms with E-state index in [-0.39, 0.29) is 0 Å². The van der Waals surface area contributed by atoms with Crippen LogP contribution in [0.25, 0.3) is 185 Å². The van der Waals surface area contributed by atoms with Crippen molar-refractivity contribution in [1.29, 1.82) is 0 Å². The molecule has 442 valence electrons. The second kappa shape index (κ2) is 22.2. The molecule has 0 fully saturated rings. The molecule has 0 unspecified atom stereocenters. The fraction of sp³-hybridized carbons (Fsp3) is 0. The van der Waals surface area contributed by atoms with Gasteiger partial charge in [-0.15, -0.1) is 11.3 Å². The number of benzene rings is 16. The Balaban J connectivity index is 0.000000141. The van der Waals surface area contributed by atoms with Crippen LogP contribution in [0.15, 0.2) is 334 Å². The van der Waals surface area contributed by atoms with Crippen molar-refractivity contribution in [2.45, 2.75) is 0 Å². The first kappa shape index (κ1) is 54.4. The number of aromatic nitrogens is 5. The number of fused-ring (bicyclic) bond motifs is 16. The lowest BCUT2D eigenvalue weighted by atomic mass is 9.84. The Bertz CT molecular complexity index is 6460. The third kappa shape index (κ3) is 8.94. The molecule has 0 bridgehead atoms. The predicted octanol–water partition coefficient (Wildman–Crippen LogP) is 24.2. The highest BCUT2D eigenvalue weighted by molar-refractivity contribution is 7.27. The van der Waals surface area contributed by atoms with Crippen LogP contribution in [0.1, 0.15) is 0 Å². The molecule has 5 nitrogen and oxygen atoms in total. The van der Waals surface area contributed by atoms with Gasteiger partial charge in [-0.1, -0.05) is 273 Å². The normalized spacial score (nSPS) is 11.8. The highest BCUT2D eigenvalue weighted by Gasteiger charge is 2.25. The fourth-order valence-electron chi connectivity index (χ4n) is 14.9. The first-order valence-corrected chi connectivity index (χ1v) is 33.1. The van der Waals surface area contributed by atoms with E-state index >= 15 is 0 Å². The summed E-state index contributed by atoms with van der Waals surface area (Å²) in [5.41, 5.74) is 16.8. The van der Waals surface area contributed by atoms with Gasteiger partial charge in [-0.2, -0.15) is 0 Å². The van der Waals surface area contributed by atoms with Gasteiger partial charge in [0.2, 0.25) is 5.95 Å². The van der Waals surface area contributed by atoms with E-state index in [1.165, 1.54) is 118 Å². The largest absolute Gasteiger partial charge is 0.292 e. The molecule has 4 aromatic heterocycles. The number of nitrogens with zero attached hydrogens (tertiary/aromatic N) is 5. The molecule has 0 aliphatic carbocycles. The van der Waals surface area contributed by atoms with Crippen LogP contribution in [-0.4, -0.2) is 24.1 Å². The van der Waals surface area contributed by atoms with Crippen LogP contribution in [0, 0.1) is 0 Å². The minimum Gasteiger partial charge on any atom is -0.292 e. The maximum absolute atomic E-state index is 5.31. The van der Waals surface area contributed by atoms with Crippen molar-refractivity contribution in [2.75, 3.05) is 0 Å². The van der Waals surface area contributed by atoms with Crippen molar-refractivity contribution in [3.63, 3.8) is 0 Å². The number of thiophene rings is 1. The van der Waals surface area contributed by atoms with E-state index in [1.807, 2.05) is 17.4 Å². The minimum atomic E-state index is 0.692. The van der Waals surface area contributed by atoms with Gasteiger partial charge in [-0.25, -0.2) is 15.0 Å². The molecule has 20 aromatic rings. The van der Waals surface area contributed by atoms with E-state index in [0.29, 0.717) is 5.95 Å². The summed E-state index contributed by atoms with van der Waals surface area (Å²) in [7, 11) is 0. The van der Waals surface area contributed by atoms with Crippen molar-refractivity contribution in [3.8, 4) is 67.7 Å². The molecule has 4 heterocycles. The molecule has 0 saturated carbocycles. The van der Waals surface area contributed by atoms with Gasteiger partial charge in [0.15, 0.2) is 0 Å². The quantitative estimate of drug-likeness (QED) is 0.149. The molecule has 0 N–H and O–H groups in total. The highest BCUT2D eigenvalue weighted by atomic mass is 32.1. The number of hydrogen-bond donors (Lipinski definition) is 0. The Labute approximate surface area is 551 Å². The minimum absolute atomic E-state index is 0.692. The molecule has 0 amide bonds. The summed E-state index contributed by atoms with van der Waals surface area (Å²) in [6.45, 7) is 0. The summed E-state index contributed by atoms with van der Waals surface area (Å²) in [6, 6.07) is 120. The lowest BCUT2D eigenvalue weighted by molar-refractivity contribution is 1.02. The summed E-state index contributed by atoms with van der Waals surface area (Å²) in [5, 5.41) is 18.6. The molecular weight excluding hydrogens is 1170 g/mol. The van der Waals surface area contributed by atoms with E-state index in [1.54, 1.807) is 0 Å². The van der Waals surface area contributed by atoms with E-state index in [4.69, 9.17) is 15.0 Å². The van der Waals surface area contributed by atoms with E-state index in [2.05, 4.69) is 337 Å². The number of imidazole rings is 1. The van der Waals surface area contributed by atoms with Gasteiger partial charge in [0.05, 0.1) is 38.0 Å². The van der Waals surface area contributed by atoms with Crippen molar-refractivity contribution in [2.24, 2.45) is 0 Å². The van der Waals surface area contributed by atoms with Gasteiger partial charge >= 0.3 is 0 Å². The zero-order valence-electron chi connectivity index (χ0n) is 51.4. The highest BCUT2D eigenvalue weighted by Crippen LogP contribution is 2.49. The Morgan fingerprint density at radius 1 is 0.263 bits per heavy atom. The van der Waals surface area contributed by atoms with Gasteiger partial charge in [-0.3, -0.25) is 9.13 Å². The number of hydrogen-bond acceptors (Lipinski definition) is 4. The van der Waals surface area contributed by atoms with Crippen LogP contribution >= 0.6 is 11.3 Å². The smallest absolute Gasteiger partial charge is 0.235 e. The van der Waals surface area contributed by atoms with Crippen LogP contribution in [0.3, 0.4) is 0 Å². The number of rotatable bonds is 7. The molecule has 95 heavy (non-hydrogen) atoms. The van der Waals surface area contributed by atoms with Crippen molar-refractivity contribution in [1.82, 2.24) is 24.1 Å². The summed E-state index contributed by atoms with van der Waals surface area (Å²) in [6.07, 6.45) is 0. The molecule has 0 radical (unpaired) electrons. The van der Waals surface area contributed by atoms with Gasteiger partial charge in [-0.05, 0) is 148 Å². The van der Waals surface area contributed by atoms with Crippen molar-refractivity contribution in [3.05, 3.63) is 334 Å². The van der Waals surface area contributed by atoms with Crippen molar-refractivity contribution < 1.29 is 0 Å². The third-order valence-electron chi connectivity index (χ3n) is 19.1. The Kier molecular flexibility index (Phi) is 12.7. The molecule has 0 aliphatic rings. The van der Waals surface area contributed by atoms with Crippen LogP contribution in [0.2, 0.25) is 0 Å². The summed E-state index contributed by atoms with van der Waals surface area (Å²) in [5.74, 6) is 1.63. The monoisotopic (exact) mass is 1230 g/mol. The average Bonchev–Trinajstić information content (AvgIpc) is 1.48. The second-order valence-corrected chi connectivity index (χ2v) is 25.6. The van der Waals surface area contributed by atoms with Gasteiger partial charge < -0.3 is 0 Å². The molecule has 20 rings (SSSR count). The molecular formula is C89H55N5S. The summed E-state index contributed by atoms with van der Waals surface area (Å²) >= 11 is 1.86. The summed E-state index contributed by atoms with van der Waals surface area (Å²) < 4.78 is 7.11. The Morgan fingerprint density at radius 2 is 0.758 bits per heavy atom. The maximum atomic E-state index is 5.31. The van der Waals surface area contributed by atoms with Crippen LogP contribution in [0.4, 0.5) is 0 Å². The molecule has 6 heteroatoms. The van der Waals surface area contributed by atoms with Gasteiger partial charge in [0, 0.05) is 48.4 Å². The summed E-state index contributed by atoms with van der Waals surface area (Å²) in [4.78, 5) is 15.6. The van der Waals surface area contributed by atoms with Crippen LogP contribution in [-0.2, 0) is 0 Å². The molecule has 0 saturated heterocycles. The van der Waals surface area contributed by atoms with E-state index < -0.39 is 0 Å². The van der Waals surface area contributed by atoms with Gasteiger partial charge in [0.1, 0.15) is 5.82 Å². The lowest BCUT2D eigenvalue weighted by Crippen LogP contribution is -2.03. The van der Waals surface area contributed by atoms with Crippen LogP contribution in [0.5, 0.6) is 0 Å². The molecule has 16 aromatic carbocycles. The van der Waals surface area contributed by atoms with Crippen LogP contribution < -0.4 is 0 Å². The molecule has 0 aliphatic heterocycles. The SMILES string of the molecule is c1ccc(-c2nc(-n3c4ccccc4c4c5ccccc5c5c6ccccc6sc5c43)nc3ccccc23)cc1.c1ccc(-n2c(-c3ccc(-c4ccc5c(-c6ccc7ccccc7c6)c6ccccc6c(-c6ccc7ccccc7c6)c5c4)cc3)nc3ccccc32)cc1. The van der Waals surface area contributed by atoms with Crippen molar-refractivity contribution >= 4 is 129 Å². The zero-order valence-corrected chi connectivity index (χ0v) is 52.2. The molecule has 0 atom stereocenters. The predicted molar refractivity (Wildman–Crippen MR) is 403 cm³/mol. The number of para-hydroxylation sites is 5. The van der Waals surface area contributed by atoms with E-state index in [9.17, 15) is 0 Å². The average molecular weight is 1230 g/mol. The molecule has 0 spiro atoms. The first-order chi connectivity index (χ1) is 47.1. The first-order valence-electron chi connectivity index (χ1n) is 32.3. The fourth-order valence-corrected chi connectivity index (χ4v) is 16.1.